The second-order valence-corrected chi connectivity index (χ2v) is 6.64. The summed E-state index contributed by atoms with van der Waals surface area (Å²) in [4.78, 5) is 9.74. The minimum absolute atomic E-state index is 1.06. The van der Waals surface area contributed by atoms with E-state index in [2.05, 4.69) is 50.0 Å². The predicted octanol–water partition coefficient (Wildman–Crippen LogP) is 3.20. The molecule has 0 amide bonds. The standard InChI is InChI=1S/C14H18BrN3S/c15-6-9-17-7-3-8-18(11-10-17)14-16-12-4-1-2-5-13(12)19-14/h1-2,4-5H,3,6-11H2. The molecule has 1 aromatic heterocycles. The molecule has 3 rings (SSSR count). The number of hydrogen-bond acceptors (Lipinski definition) is 4. The molecule has 0 atom stereocenters. The zero-order chi connectivity index (χ0) is 13.1. The quantitative estimate of drug-likeness (QED) is 0.800. The van der Waals surface area contributed by atoms with Gasteiger partial charge in [-0.3, -0.25) is 0 Å². The summed E-state index contributed by atoms with van der Waals surface area (Å²) in [6, 6.07) is 8.41. The van der Waals surface area contributed by atoms with Gasteiger partial charge >= 0.3 is 0 Å². The summed E-state index contributed by atoms with van der Waals surface area (Å²) in [5.74, 6) is 0. The zero-order valence-electron chi connectivity index (χ0n) is 10.9. The van der Waals surface area contributed by atoms with Crippen LogP contribution in [-0.2, 0) is 0 Å². The maximum atomic E-state index is 4.77. The second-order valence-electron chi connectivity index (χ2n) is 4.84. The van der Waals surface area contributed by atoms with E-state index in [1.165, 1.54) is 22.8 Å². The third-order valence-electron chi connectivity index (χ3n) is 3.54. The van der Waals surface area contributed by atoms with Crippen molar-refractivity contribution < 1.29 is 0 Å². The lowest BCUT2D eigenvalue weighted by Crippen LogP contribution is -2.31. The van der Waals surface area contributed by atoms with Crippen molar-refractivity contribution in [3.63, 3.8) is 0 Å². The van der Waals surface area contributed by atoms with Crippen LogP contribution in [0.25, 0.3) is 10.2 Å². The molecule has 0 radical (unpaired) electrons. The Kier molecular flexibility index (Phi) is 4.35. The normalized spacial score (nSPS) is 17.8. The lowest BCUT2D eigenvalue weighted by Gasteiger charge is -2.20. The fourth-order valence-corrected chi connectivity index (χ4v) is 4.02. The third-order valence-corrected chi connectivity index (χ3v) is 4.99. The Morgan fingerprint density at radius 2 is 2.05 bits per heavy atom. The van der Waals surface area contributed by atoms with Crippen LogP contribution in [0.4, 0.5) is 5.13 Å². The van der Waals surface area contributed by atoms with E-state index >= 15 is 0 Å². The molecule has 1 saturated heterocycles. The number of hydrogen-bond donors (Lipinski definition) is 0. The number of benzene rings is 1. The summed E-state index contributed by atoms with van der Waals surface area (Å²) in [6.45, 7) is 5.70. The first-order valence-electron chi connectivity index (χ1n) is 6.75. The summed E-state index contributed by atoms with van der Waals surface area (Å²) in [6.07, 6.45) is 1.23. The first-order chi connectivity index (χ1) is 9.36. The Balaban J connectivity index is 1.74. The number of anilines is 1. The second kappa shape index (κ2) is 6.20. The maximum absolute atomic E-state index is 4.77. The molecule has 102 valence electrons. The molecule has 2 heterocycles. The third kappa shape index (κ3) is 3.09. The van der Waals surface area contributed by atoms with Crippen LogP contribution in [-0.4, -0.2) is 47.9 Å². The molecule has 1 aromatic carbocycles. The summed E-state index contributed by atoms with van der Waals surface area (Å²) in [5, 5.41) is 2.25. The number of alkyl halides is 1. The summed E-state index contributed by atoms with van der Waals surface area (Å²) >= 11 is 5.34. The van der Waals surface area contributed by atoms with E-state index in [1.807, 2.05) is 11.3 Å². The van der Waals surface area contributed by atoms with Crippen molar-refractivity contribution in [3.8, 4) is 0 Å². The van der Waals surface area contributed by atoms with Crippen molar-refractivity contribution in [2.75, 3.05) is 43.0 Å². The van der Waals surface area contributed by atoms with Gasteiger partial charge in [-0.15, -0.1) is 0 Å². The summed E-state index contributed by atoms with van der Waals surface area (Å²) < 4.78 is 1.29. The van der Waals surface area contributed by atoms with Gasteiger partial charge in [0.25, 0.3) is 0 Å². The highest BCUT2D eigenvalue weighted by Crippen LogP contribution is 2.29. The highest BCUT2D eigenvalue weighted by atomic mass is 79.9. The van der Waals surface area contributed by atoms with Crippen molar-refractivity contribution in [2.45, 2.75) is 6.42 Å². The van der Waals surface area contributed by atoms with Crippen LogP contribution in [0.5, 0.6) is 0 Å². The highest BCUT2D eigenvalue weighted by molar-refractivity contribution is 9.09. The van der Waals surface area contributed by atoms with E-state index in [4.69, 9.17) is 4.98 Å². The monoisotopic (exact) mass is 339 g/mol. The van der Waals surface area contributed by atoms with Gasteiger partial charge in [-0.05, 0) is 25.1 Å². The summed E-state index contributed by atoms with van der Waals surface area (Å²) in [7, 11) is 0. The molecular weight excluding hydrogens is 322 g/mol. The molecule has 1 fully saturated rings. The molecular formula is C14H18BrN3S. The SMILES string of the molecule is BrCCN1CCCN(c2nc3ccccc3s2)CC1. The molecule has 0 spiro atoms. The van der Waals surface area contributed by atoms with Crippen LogP contribution in [0.15, 0.2) is 24.3 Å². The Labute approximate surface area is 126 Å². The maximum Gasteiger partial charge on any atom is 0.186 e. The molecule has 5 heteroatoms. The molecule has 3 nitrogen and oxygen atoms in total. The number of fused-ring (bicyclic) bond motifs is 1. The van der Waals surface area contributed by atoms with Gasteiger partial charge in [0, 0.05) is 31.5 Å². The van der Waals surface area contributed by atoms with Crippen LogP contribution >= 0.6 is 27.3 Å². The predicted molar refractivity (Wildman–Crippen MR) is 86.7 cm³/mol. The smallest absolute Gasteiger partial charge is 0.186 e. The van der Waals surface area contributed by atoms with E-state index in [1.54, 1.807) is 0 Å². The average molecular weight is 340 g/mol. The van der Waals surface area contributed by atoms with Gasteiger partial charge < -0.3 is 9.80 Å². The van der Waals surface area contributed by atoms with Gasteiger partial charge in [0.15, 0.2) is 5.13 Å². The van der Waals surface area contributed by atoms with E-state index in [-0.39, 0.29) is 0 Å². The van der Waals surface area contributed by atoms with E-state index in [0.29, 0.717) is 0 Å². The molecule has 0 N–H and O–H groups in total. The topological polar surface area (TPSA) is 19.4 Å². The molecule has 0 saturated carbocycles. The Hall–Kier alpha value is -0.650. The van der Waals surface area contributed by atoms with E-state index in [9.17, 15) is 0 Å². The molecule has 1 aliphatic heterocycles. The minimum atomic E-state index is 1.06. The van der Waals surface area contributed by atoms with Gasteiger partial charge in [-0.25, -0.2) is 4.98 Å². The van der Waals surface area contributed by atoms with Gasteiger partial charge in [0.1, 0.15) is 0 Å². The van der Waals surface area contributed by atoms with Gasteiger partial charge in [0.2, 0.25) is 0 Å². The lowest BCUT2D eigenvalue weighted by atomic mass is 10.3. The van der Waals surface area contributed by atoms with E-state index in [0.717, 1.165) is 37.0 Å². The summed E-state index contributed by atoms with van der Waals surface area (Å²) in [5.41, 5.74) is 1.13. The van der Waals surface area contributed by atoms with Crippen LogP contribution in [0.1, 0.15) is 6.42 Å². The van der Waals surface area contributed by atoms with Crippen LogP contribution in [0, 0.1) is 0 Å². The molecule has 19 heavy (non-hydrogen) atoms. The fourth-order valence-electron chi connectivity index (χ4n) is 2.50. The minimum Gasteiger partial charge on any atom is -0.347 e. The molecule has 2 aromatic rings. The van der Waals surface area contributed by atoms with Crippen molar-refractivity contribution >= 4 is 42.6 Å². The number of nitrogens with zero attached hydrogens (tertiary/aromatic N) is 3. The highest BCUT2D eigenvalue weighted by Gasteiger charge is 2.17. The van der Waals surface area contributed by atoms with Crippen molar-refractivity contribution in [2.24, 2.45) is 0 Å². The number of para-hydroxylation sites is 1. The Morgan fingerprint density at radius 1 is 1.16 bits per heavy atom. The molecule has 0 bridgehead atoms. The molecule has 1 aliphatic rings. The van der Waals surface area contributed by atoms with Gasteiger partial charge in [-0.2, -0.15) is 0 Å². The number of halogens is 1. The zero-order valence-corrected chi connectivity index (χ0v) is 13.3. The van der Waals surface area contributed by atoms with E-state index < -0.39 is 0 Å². The van der Waals surface area contributed by atoms with Crippen LogP contribution in [0.2, 0.25) is 0 Å². The molecule has 0 aliphatic carbocycles. The number of thiazole rings is 1. The fraction of sp³-hybridized carbons (Fsp3) is 0.500. The first kappa shape index (κ1) is 13.3. The number of aromatic nitrogens is 1. The van der Waals surface area contributed by atoms with Crippen molar-refractivity contribution in [1.82, 2.24) is 9.88 Å². The first-order valence-corrected chi connectivity index (χ1v) is 8.69. The Morgan fingerprint density at radius 3 is 2.89 bits per heavy atom. The van der Waals surface area contributed by atoms with Gasteiger partial charge in [-0.1, -0.05) is 39.4 Å². The van der Waals surface area contributed by atoms with Crippen molar-refractivity contribution in [1.29, 1.82) is 0 Å². The average Bonchev–Trinajstić information content (AvgIpc) is 2.72. The van der Waals surface area contributed by atoms with Crippen LogP contribution < -0.4 is 4.90 Å². The molecule has 0 unspecified atom stereocenters. The van der Waals surface area contributed by atoms with Crippen molar-refractivity contribution in [3.05, 3.63) is 24.3 Å². The van der Waals surface area contributed by atoms with Crippen LogP contribution in [0.3, 0.4) is 0 Å². The number of rotatable bonds is 3. The van der Waals surface area contributed by atoms with Gasteiger partial charge in [0.05, 0.1) is 10.2 Å². The Bertz CT molecular complexity index is 509. The lowest BCUT2D eigenvalue weighted by molar-refractivity contribution is 0.313. The largest absolute Gasteiger partial charge is 0.347 e.